The monoisotopic (exact) mass is 357 g/mol. The molecule has 2 aliphatic rings. The highest BCUT2D eigenvalue weighted by molar-refractivity contribution is 5.91. The van der Waals surface area contributed by atoms with E-state index in [0.717, 1.165) is 36.2 Å². The summed E-state index contributed by atoms with van der Waals surface area (Å²) in [5, 5.41) is 4.66. The molecule has 1 atom stereocenters. The van der Waals surface area contributed by atoms with E-state index in [1.54, 1.807) is 20.5 Å². The number of hydrogen-bond acceptors (Lipinski definition) is 5. The second-order valence-corrected chi connectivity index (χ2v) is 6.84. The highest BCUT2D eigenvalue weighted by atomic mass is 16.4. The first-order valence-corrected chi connectivity index (χ1v) is 9.07. The minimum Gasteiger partial charge on any atom is -0.388 e. The molecular weight excluding hydrogens is 330 g/mol. The number of fused-ring (bicyclic) bond motifs is 1. The molecule has 1 saturated carbocycles. The van der Waals surface area contributed by atoms with Crippen LogP contribution in [0.25, 0.3) is 11.0 Å². The number of hydrogen-bond donors (Lipinski definition) is 2. The van der Waals surface area contributed by atoms with Crippen LogP contribution in [0.1, 0.15) is 37.2 Å². The van der Waals surface area contributed by atoms with Gasteiger partial charge in [-0.05, 0) is 43.2 Å². The largest absolute Gasteiger partial charge is 0.388 e. The van der Waals surface area contributed by atoms with E-state index >= 15 is 0 Å². The van der Waals surface area contributed by atoms with Crippen LogP contribution < -0.4 is 5.32 Å². The number of rotatable bonds is 4. The van der Waals surface area contributed by atoms with Gasteiger partial charge < -0.3 is 19.9 Å². The van der Waals surface area contributed by atoms with Gasteiger partial charge in [-0.25, -0.2) is 9.97 Å². The van der Waals surface area contributed by atoms with Crippen LogP contribution in [-0.2, 0) is 9.53 Å². The Morgan fingerprint density at radius 2 is 2.15 bits per heavy atom. The van der Waals surface area contributed by atoms with Gasteiger partial charge in [-0.15, -0.1) is 0 Å². The first-order chi connectivity index (χ1) is 12.7. The molecule has 7 heteroatoms. The molecule has 0 bridgehead atoms. The highest BCUT2D eigenvalue weighted by Gasteiger charge is 2.29. The van der Waals surface area contributed by atoms with E-state index < -0.39 is 0 Å². The van der Waals surface area contributed by atoms with Crippen LogP contribution in [-0.4, -0.2) is 59.1 Å². The zero-order chi connectivity index (χ0) is 18.5. The molecule has 1 aliphatic heterocycles. The van der Waals surface area contributed by atoms with Crippen LogP contribution in [0.5, 0.6) is 0 Å². The Balaban J connectivity index is 0.000000613. The number of methoxy groups -OCH3 is 1. The lowest BCUT2D eigenvalue weighted by Gasteiger charge is -2.32. The highest BCUT2D eigenvalue weighted by Crippen LogP contribution is 2.44. The molecule has 2 fully saturated rings. The van der Waals surface area contributed by atoms with Gasteiger partial charge in [-0.3, -0.25) is 4.79 Å². The molecule has 0 spiro atoms. The summed E-state index contributed by atoms with van der Waals surface area (Å²) < 4.78 is 4.25. The number of aromatic nitrogens is 3. The van der Waals surface area contributed by atoms with Crippen LogP contribution in [0, 0.1) is 0 Å². The second-order valence-electron chi connectivity index (χ2n) is 6.84. The molecule has 0 aromatic carbocycles. The van der Waals surface area contributed by atoms with Crippen molar-refractivity contribution in [3.63, 3.8) is 0 Å². The van der Waals surface area contributed by atoms with Crippen molar-refractivity contribution in [1.29, 1.82) is 0 Å². The molecule has 4 rings (SSSR count). The number of piperidine rings is 1. The molecule has 2 aromatic rings. The standard InChI is InChI=1S/C17H21N5O.C2H6O/c1-2-14(23)22-7-3-4-12(9-22)21-17-15-13(11-5-6-11)8-18-16(15)19-10-20-17;1-3-2/h2,8,10-12H,1,3-7,9H2,(H2,18,19,20,21);1-2H3. The predicted octanol–water partition coefficient (Wildman–Crippen LogP) is 2.69. The number of likely N-dealkylation sites (tertiary alicyclic amines) is 1. The molecule has 1 aliphatic carbocycles. The number of nitrogens with zero attached hydrogens (tertiary/aromatic N) is 3. The van der Waals surface area contributed by atoms with Gasteiger partial charge in [-0.1, -0.05) is 6.58 Å². The summed E-state index contributed by atoms with van der Waals surface area (Å²) in [6, 6.07) is 0.215. The van der Waals surface area contributed by atoms with Gasteiger partial charge in [0.1, 0.15) is 17.8 Å². The summed E-state index contributed by atoms with van der Waals surface area (Å²) in [6.45, 7) is 5.08. The van der Waals surface area contributed by atoms with Gasteiger partial charge in [0, 0.05) is 39.5 Å². The maximum Gasteiger partial charge on any atom is 0.246 e. The predicted molar refractivity (Wildman–Crippen MR) is 102 cm³/mol. The fraction of sp³-hybridized carbons (Fsp3) is 0.526. The maximum atomic E-state index is 11.8. The number of carbonyl (C=O) groups is 1. The van der Waals surface area contributed by atoms with Crippen molar-refractivity contribution in [1.82, 2.24) is 19.9 Å². The molecular formula is C19H27N5O2. The zero-order valence-corrected chi connectivity index (χ0v) is 15.5. The summed E-state index contributed by atoms with van der Waals surface area (Å²) in [6.07, 6.45) is 9.56. The minimum atomic E-state index is 0.00430. The molecule has 0 radical (unpaired) electrons. The van der Waals surface area contributed by atoms with Crippen molar-refractivity contribution < 1.29 is 9.53 Å². The second kappa shape index (κ2) is 8.31. The number of carbonyl (C=O) groups excluding carboxylic acids is 1. The molecule has 1 saturated heterocycles. The van der Waals surface area contributed by atoms with E-state index in [1.165, 1.54) is 24.5 Å². The van der Waals surface area contributed by atoms with Crippen molar-refractivity contribution in [2.75, 3.05) is 32.6 Å². The van der Waals surface area contributed by atoms with Crippen LogP contribution >= 0.6 is 0 Å². The number of nitrogens with one attached hydrogen (secondary N) is 2. The lowest BCUT2D eigenvalue weighted by molar-refractivity contribution is -0.127. The van der Waals surface area contributed by atoms with Gasteiger partial charge in [0.15, 0.2) is 0 Å². The maximum absolute atomic E-state index is 11.8. The first kappa shape index (κ1) is 18.4. The molecule has 26 heavy (non-hydrogen) atoms. The summed E-state index contributed by atoms with van der Waals surface area (Å²) in [5.41, 5.74) is 2.21. The summed E-state index contributed by atoms with van der Waals surface area (Å²) >= 11 is 0. The van der Waals surface area contributed by atoms with Crippen molar-refractivity contribution in [2.24, 2.45) is 0 Å². The van der Waals surface area contributed by atoms with Crippen LogP contribution in [0.3, 0.4) is 0 Å². The van der Waals surface area contributed by atoms with Crippen molar-refractivity contribution in [3.8, 4) is 0 Å². The van der Waals surface area contributed by atoms with Crippen molar-refractivity contribution >= 4 is 22.8 Å². The first-order valence-electron chi connectivity index (χ1n) is 9.07. The van der Waals surface area contributed by atoms with E-state index in [4.69, 9.17) is 0 Å². The molecule has 2 N–H and O–H groups in total. The number of anilines is 1. The minimum absolute atomic E-state index is 0.00430. The van der Waals surface area contributed by atoms with E-state index in [1.807, 2.05) is 4.90 Å². The smallest absolute Gasteiger partial charge is 0.246 e. The lowest BCUT2D eigenvalue weighted by Crippen LogP contribution is -2.44. The third kappa shape index (κ3) is 4.04. The van der Waals surface area contributed by atoms with Crippen LogP contribution in [0.2, 0.25) is 0 Å². The van der Waals surface area contributed by atoms with Crippen molar-refractivity contribution in [2.45, 2.75) is 37.6 Å². The molecule has 1 amide bonds. The molecule has 2 aromatic heterocycles. The topological polar surface area (TPSA) is 83.1 Å². The fourth-order valence-electron chi connectivity index (χ4n) is 3.43. The Bertz CT molecular complexity index is 768. The SMILES string of the molecule is C=CC(=O)N1CCCC(Nc2ncnc3[nH]cc(C4CC4)c23)C1.COC. The summed E-state index contributed by atoms with van der Waals surface area (Å²) in [5.74, 6) is 1.53. The third-order valence-corrected chi connectivity index (χ3v) is 4.77. The molecule has 1 unspecified atom stereocenters. The zero-order valence-electron chi connectivity index (χ0n) is 15.5. The van der Waals surface area contributed by atoms with Gasteiger partial charge in [0.25, 0.3) is 0 Å². The normalized spacial score (nSPS) is 19.6. The summed E-state index contributed by atoms with van der Waals surface area (Å²) in [4.78, 5) is 25.8. The van der Waals surface area contributed by atoms with E-state index in [0.29, 0.717) is 12.5 Å². The van der Waals surface area contributed by atoms with Gasteiger partial charge >= 0.3 is 0 Å². The number of amides is 1. The van der Waals surface area contributed by atoms with E-state index in [-0.39, 0.29) is 11.9 Å². The summed E-state index contributed by atoms with van der Waals surface area (Å²) in [7, 11) is 3.25. The number of ether oxygens (including phenoxy) is 1. The molecule has 3 heterocycles. The fourth-order valence-corrected chi connectivity index (χ4v) is 3.43. The molecule has 7 nitrogen and oxygen atoms in total. The average molecular weight is 357 g/mol. The van der Waals surface area contributed by atoms with E-state index in [2.05, 4.69) is 37.8 Å². The van der Waals surface area contributed by atoms with Gasteiger partial charge in [0.05, 0.1) is 5.39 Å². The Labute approximate surface area is 153 Å². The number of aromatic amines is 1. The van der Waals surface area contributed by atoms with Gasteiger partial charge in [0.2, 0.25) is 5.91 Å². The Hall–Kier alpha value is -2.41. The lowest BCUT2D eigenvalue weighted by atomic mass is 10.0. The molecule has 140 valence electrons. The third-order valence-electron chi connectivity index (χ3n) is 4.77. The Morgan fingerprint density at radius 3 is 2.85 bits per heavy atom. The van der Waals surface area contributed by atoms with Crippen LogP contribution in [0.15, 0.2) is 25.2 Å². The quantitative estimate of drug-likeness (QED) is 0.822. The number of H-pyrrole nitrogens is 1. The van der Waals surface area contributed by atoms with Gasteiger partial charge in [-0.2, -0.15) is 0 Å². The average Bonchev–Trinajstić information content (AvgIpc) is 3.41. The Morgan fingerprint density at radius 1 is 1.38 bits per heavy atom. The van der Waals surface area contributed by atoms with Crippen molar-refractivity contribution in [3.05, 3.63) is 30.7 Å². The Kier molecular flexibility index (Phi) is 5.88. The van der Waals surface area contributed by atoms with Crippen LogP contribution in [0.4, 0.5) is 5.82 Å². The van der Waals surface area contributed by atoms with E-state index in [9.17, 15) is 4.79 Å².